The number of phosphoric ester groups is 1. The summed E-state index contributed by atoms with van der Waals surface area (Å²) in [6.07, 6.45) is 27.6. The highest BCUT2D eigenvalue weighted by Gasteiger charge is 2.51. The number of ether oxygens (including phenoxy) is 2. The summed E-state index contributed by atoms with van der Waals surface area (Å²) in [7, 11) is -5.02. The van der Waals surface area contributed by atoms with Crippen LogP contribution in [0.3, 0.4) is 0 Å². The van der Waals surface area contributed by atoms with Gasteiger partial charge in [0.25, 0.3) is 0 Å². The third-order valence-corrected chi connectivity index (χ3v) is 10.7. The van der Waals surface area contributed by atoms with E-state index in [2.05, 4.69) is 62.5 Å². The third kappa shape index (κ3) is 26.3. The van der Waals surface area contributed by atoms with Crippen LogP contribution < -0.4 is 0 Å². The minimum absolute atomic E-state index is 0.0940. The molecule has 0 bridgehead atoms. The molecule has 6 atom stereocenters. The first-order valence-electron chi connectivity index (χ1n) is 21.5. The summed E-state index contributed by atoms with van der Waals surface area (Å²) in [5.74, 6) is -0.510. The molecule has 326 valence electrons. The van der Waals surface area contributed by atoms with Crippen molar-refractivity contribution >= 4 is 13.8 Å². The van der Waals surface area contributed by atoms with Crippen molar-refractivity contribution < 1.29 is 58.3 Å². The highest BCUT2D eigenvalue weighted by Crippen LogP contribution is 2.47. The number of aliphatic hydroxyl groups is 5. The van der Waals surface area contributed by atoms with Crippen molar-refractivity contribution in [2.24, 2.45) is 0 Å². The van der Waals surface area contributed by atoms with Crippen molar-refractivity contribution in [3.05, 3.63) is 48.6 Å². The van der Waals surface area contributed by atoms with Gasteiger partial charge in [-0.25, -0.2) is 4.57 Å². The predicted molar refractivity (Wildman–Crippen MR) is 221 cm³/mol. The molecule has 12 nitrogen and oxygen atoms in total. The second kappa shape index (κ2) is 34.2. The summed E-state index contributed by atoms with van der Waals surface area (Å²) in [5, 5.41) is 50.1. The van der Waals surface area contributed by atoms with E-state index in [1.165, 1.54) is 57.8 Å². The topological polar surface area (TPSA) is 192 Å². The first kappa shape index (κ1) is 52.3. The maximum absolute atomic E-state index is 12.8. The van der Waals surface area contributed by atoms with Gasteiger partial charge in [0.05, 0.1) is 13.2 Å². The number of carbonyl (C=O) groups is 1. The Bertz CT molecular complexity index is 1110. The zero-order chi connectivity index (χ0) is 41.3. The minimum Gasteiger partial charge on any atom is -0.457 e. The molecule has 13 heteroatoms. The van der Waals surface area contributed by atoms with E-state index in [-0.39, 0.29) is 13.0 Å². The largest absolute Gasteiger partial charge is 0.472 e. The van der Waals surface area contributed by atoms with E-state index in [4.69, 9.17) is 18.5 Å². The Morgan fingerprint density at radius 3 is 1.62 bits per heavy atom. The van der Waals surface area contributed by atoms with Gasteiger partial charge in [0.1, 0.15) is 42.7 Å². The molecule has 0 amide bonds. The van der Waals surface area contributed by atoms with Gasteiger partial charge in [-0.2, -0.15) is 0 Å². The van der Waals surface area contributed by atoms with Crippen LogP contribution in [0.25, 0.3) is 0 Å². The molecule has 1 aliphatic carbocycles. The summed E-state index contributed by atoms with van der Waals surface area (Å²) < 4.78 is 34.0. The molecular weight excluding hydrogens is 739 g/mol. The fourth-order valence-corrected chi connectivity index (χ4v) is 7.22. The number of esters is 1. The van der Waals surface area contributed by atoms with E-state index in [0.29, 0.717) is 13.0 Å². The summed E-state index contributed by atoms with van der Waals surface area (Å²) in [6, 6.07) is 0. The van der Waals surface area contributed by atoms with Crippen LogP contribution in [0.2, 0.25) is 0 Å². The normalized spacial score (nSPS) is 23.5. The molecule has 0 aromatic carbocycles. The first-order valence-corrected chi connectivity index (χ1v) is 23.0. The Hall–Kier alpha value is -1.70. The van der Waals surface area contributed by atoms with Crippen LogP contribution >= 0.6 is 7.82 Å². The van der Waals surface area contributed by atoms with E-state index in [0.717, 1.165) is 70.6 Å². The number of unbranched alkanes of at least 4 members (excludes halogenated alkanes) is 15. The first-order chi connectivity index (χ1) is 27.0. The Labute approximate surface area is 337 Å². The molecule has 1 aliphatic rings. The van der Waals surface area contributed by atoms with E-state index in [9.17, 15) is 39.8 Å². The van der Waals surface area contributed by atoms with Crippen LogP contribution in [0.15, 0.2) is 48.6 Å². The smallest absolute Gasteiger partial charge is 0.457 e. The van der Waals surface area contributed by atoms with Crippen LogP contribution in [-0.2, 0) is 27.9 Å². The standard InChI is InChI=1S/C43H77O12P/c1-3-5-7-9-11-13-15-17-18-19-21-23-25-27-29-31-33-52-34-36(35-53-56(50,51)55-43-41(48)39(46)38(45)40(47)42(43)49)54-37(44)32-30-28-26-24-22-20-16-14-12-10-8-6-4-2/h6,8,12,14,17-18,20,22,36,38-43,45-49H,3-5,7,9-11,13,15-16,19,21,23-35H2,1-2H3,(H,50,51)/b8-6-,14-12-,18-17-,22-20-. The number of hydrogen-bond acceptors (Lipinski definition) is 11. The van der Waals surface area contributed by atoms with Crippen LogP contribution in [0.5, 0.6) is 0 Å². The summed E-state index contributed by atoms with van der Waals surface area (Å²) in [4.78, 5) is 23.1. The molecule has 0 aliphatic heterocycles. The van der Waals surface area contributed by atoms with Gasteiger partial charge in [0.2, 0.25) is 0 Å². The molecule has 0 spiro atoms. The lowest BCUT2D eigenvalue weighted by Crippen LogP contribution is -2.64. The van der Waals surface area contributed by atoms with Gasteiger partial charge in [0, 0.05) is 13.0 Å². The Balaban J connectivity index is 2.45. The zero-order valence-corrected chi connectivity index (χ0v) is 35.3. The highest BCUT2D eigenvalue weighted by atomic mass is 31.2. The van der Waals surface area contributed by atoms with E-state index in [1.807, 2.05) is 0 Å². The van der Waals surface area contributed by atoms with Crippen molar-refractivity contribution in [2.75, 3.05) is 19.8 Å². The number of aliphatic hydroxyl groups excluding tert-OH is 5. The SMILES string of the molecule is CC/C=C\C/C=C\C/C=C\CCCCCC(=O)OC(COCCCCCCCC/C=C\CCCCCCCC)COP(=O)(O)OC1C(O)C(O)C(O)C(O)C1O. The molecule has 0 aromatic heterocycles. The second-order valence-corrected chi connectivity index (χ2v) is 16.2. The summed E-state index contributed by atoms with van der Waals surface area (Å²) in [5.41, 5.74) is 0. The average molecular weight is 817 g/mol. The van der Waals surface area contributed by atoms with Gasteiger partial charge in [-0.15, -0.1) is 0 Å². The average Bonchev–Trinajstić information content (AvgIpc) is 3.18. The maximum Gasteiger partial charge on any atom is 0.472 e. The second-order valence-electron chi connectivity index (χ2n) is 14.8. The lowest BCUT2D eigenvalue weighted by atomic mass is 9.85. The lowest BCUT2D eigenvalue weighted by Gasteiger charge is -2.41. The zero-order valence-electron chi connectivity index (χ0n) is 34.4. The van der Waals surface area contributed by atoms with E-state index >= 15 is 0 Å². The van der Waals surface area contributed by atoms with Gasteiger partial charge < -0.3 is 39.9 Å². The molecule has 1 saturated carbocycles. The van der Waals surface area contributed by atoms with Gasteiger partial charge in [-0.3, -0.25) is 13.8 Å². The molecule has 0 aromatic rings. The van der Waals surface area contributed by atoms with Gasteiger partial charge in [-0.1, -0.05) is 127 Å². The van der Waals surface area contributed by atoms with Crippen LogP contribution in [0, 0.1) is 0 Å². The lowest BCUT2D eigenvalue weighted by molar-refractivity contribution is -0.220. The molecule has 0 radical (unpaired) electrons. The van der Waals surface area contributed by atoms with Crippen LogP contribution in [-0.4, -0.2) is 98.9 Å². The number of carbonyl (C=O) groups excluding carboxylic acids is 1. The van der Waals surface area contributed by atoms with Crippen molar-refractivity contribution in [1.29, 1.82) is 0 Å². The fourth-order valence-electron chi connectivity index (χ4n) is 6.25. The number of allylic oxidation sites excluding steroid dienone is 8. The number of phosphoric acid groups is 1. The third-order valence-electron chi connectivity index (χ3n) is 9.69. The maximum atomic E-state index is 12.8. The number of hydrogen-bond donors (Lipinski definition) is 6. The predicted octanol–water partition coefficient (Wildman–Crippen LogP) is 8.08. The Kier molecular flexibility index (Phi) is 31.9. The van der Waals surface area contributed by atoms with Crippen molar-refractivity contribution in [3.8, 4) is 0 Å². The van der Waals surface area contributed by atoms with E-state index < -0.39 is 63.1 Å². The monoisotopic (exact) mass is 817 g/mol. The quantitative estimate of drug-likeness (QED) is 0.0156. The van der Waals surface area contributed by atoms with Gasteiger partial charge >= 0.3 is 13.8 Å². The van der Waals surface area contributed by atoms with Crippen molar-refractivity contribution in [1.82, 2.24) is 0 Å². The molecule has 6 unspecified atom stereocenters. The number of rotatable bonds is 35. The molecule has 1 fully saturated rings. The molecule has 56 heavy (non-hydrogen) atoms. The Morgan fingerprint density at radius 2 is 1.05 bits per heavy atom. The minimum atomic E-state index is -5.02. The molecule has 1 rings (SSSR count). The fraction of sp³-hybridized carbons (Fsp3) is 0.791. The Morgan fingerprint density at radius 1 is 0.589 bits per heavy atom. The molecule has 0 heterocycles. The molecule has 6 N–H and O–H groups in total. The molecule has 0 saturated heterocycles. The molecular formula is C43H77O12P. The van der Waals surface area contributed by atoms with Gasteiger partial charge in [0.15, 0.2) is 0 Å². The van der Waals surface area contributed by atoms with Gasteiger partial charge in [-0.05, 0) is 70.6 Å². The van der Waals surface area contributed by atoms with E-state index in [1.54, 1.807) is 0 Å². The summed E-state index contributed by atoms with van der Waals surface area (Å²) in [6.45, 7) is 4.07. The van der Waals surface area contributed by atoms with Crippen LogP contribution in [0.1, 0.15) is 155 Å². The highest BCUT2D eigenvalue weighted by molar-refractivity contribution is 7.47. The van der Waals surface area contributed by atoms with Crippen LogP contribution in [0.4, 0.5) is 0 Å². The van der Waals surface area contributed by atoms with Crippen molar-refractivity contribution in [2.45, 2.75) is 198 Å². The summed E-state index contributed by atoms with van der Waals surface area (Å²) >= 11 is 0. The van der Waals surface area contributed by atoms with Crippen molar-refractivity contribution in [3.63, 3.8) is 0 Å².